The van der Waals surface area contributed by atoms with Crippen LogP contribution in [-0.4, -0.2) is 25.3 Å². The molecule has 134 valence electrons. The van der Waals surface area contributed by atoms with E-state index in [0.717, 1.165) is 33.1 Å². The Morgan fingerprint density at radius 1 is 1.07 bits per heavy atom. The van der Waals surface area contributed by atoms with Gasteiger partial charge in [0.25, 0.3) is 0 Å². The van der Waals surface area contributed by atoms with E-state index < -0.39 is 7.12 Å². The van der Waals surface area contributed by atoms with Crippen molar-refractivity contribution in [3.05, 3.63) is 77.5 Å². The van der Waals surface area contributed by atoms with Gasteiger partial charge in [-0.3, -0.25) is 4.98 Å². The first kappa shape index (κ1) is 16.7. The second kappa shape index (κ2) is 6.61. The summed E-state index contributed by atoms with van der Waals surface area (Å²) >= 11 is 0. The molecule has 0 unspecified atom stereocenters. The van der Waals surface area contributed by atoms with Crippen LogP contribution in [0.15, 0.2) is 60.8 Å². The summed E-state index contributed by atoms with van der Waals surface area (Å²) in [7, 11) is 1.30. The number of fused-ring (bicyclic) bond motifs is 5. The fourth-order valence-corrected chi connectivity index (χ4v) is 4.02. The summed E-state index contributed by atoms with van der Waals surface area (Å²) in [5.41, 5.74) is 5.37. The molecule has 5 rings (SSSR count). The zero-order chi connectivity index (χ0) is 18.4. The van der Waals surface area contributed by atoms with E-state index in [4.69, 9.17) is 14.0 Å². The van der Waals surface area contributed by atoms with E-state index in [1.165, 1.54) is 0 Å². The fraction of sp³-hybridized carbons (Fsp3) is 0.227. The molecule has 0 bridgehead atoms. The van der Waals surface area contributed by atoms with Crippen LogP contribution in [0, 0.1) is 0 Å². The molecule has 0 saturated carbocycles. The van der Waals surface area contributed by atoms with E-state index in [1.54, 1.807) is 7.11 Å². The van der Waals surface area contributed by atoms with Crippen LogP contribution in [0.25, 0.3) is 17.0 Å². The first-order valence-electron chi connectivity index (χ1n) is 9.24. The lowest BCUT2D eigenvalue weighted by atomic mass is 9.75. The summed E-state index contributed by atoms with van der Waals surface area (Å²) in [6.45, 7) is 2.04. The van der Waals surface area contributed by atoms with E-state index in [1.807, 2.05) is 31.3 Å². The average molecular weight is 357 g/mol. The first-order valence-corrected chi connectivity index (χ1v) is 9.24. The Hall–Kier alpha value is -2.47. The molecule has 4 nitrogen and oxygen atoms in total. The number of aromatic nitrogens is 1. The van der Waals surface area contributed by atoms with Gasteiger partial charge in [0.1, 0.15) is 0 Å². The molecular formula is C22H20BNO3. The lowest BCUT2D eigenvalue weighted by Crippen LogP contribution is -2.36. The lowest BCUT2D eigenvalue weighted by molar-refractivity contribution is 0.120. The molecule has 2 heterocycles. The van der Waals surface area contributed by atoms with Crippen molar-refractivity contribution in [1.29, 1.82) is 0 Å². The highest BCUT2D eigenvalue weighted by molar-refractivity contribution is 6.62. The number of hydrogen-bond acceptors (Lipinski definition) is 4. The molecular weight excluding hydrogens is 337 g/mol. The van der Waals surface area contributed by atoms with Gasteiger partial charge in [-0.25, -0.2) is 0 Å². The van der Waals surface area contributed by atoms with E-state index in [0.29, 0.717) is 0 Å². The number of pyridine rings is 1. The molecule has 1 aliphatic carbocycles. The predicted molar refractivity (Wildman–Crippen MR) is 107 cm³/mol. The van der Waals surface area contributed by atoms with Crippen LogP contribution in [0.4, 0.5) is 0 Å². The van der Waals surface area contributed by atoms with E-state index >= 15 is 0 Å². The molecule has 1 aliphatic heterocycles. The number of nitrogens with zero attached hydrogens (tertiary/aromatic N) is 1. The lowest BCUT2D eigenvalue weighted by Gasteiger charge is -2.23. The van der Waals surface area contributed by atoms with Gasteiger partial charge in [0, 0.05) is 24.3 Å². The van der Waals surface area contributed by atoms with Gasteiger partial charge in [-0.05, 0) is 29.6 Å². The number of hydrogen-bond donors (Lipinski definition) is 0. The topological polar surface area (TPSA) is 40.6 Å². The maximum Gasteiger partial charge on any atom is 0.495 e. The van der Waals surface area contributed by atoms with Crippen LogP contribution in [0.1, 0.15) is 35.8 Å². The summed E-state index contributed by atoms with van der Waals surface area (Å²) in [5.74, 6) is 0. The molecule has 2 aliphatic rings. The van der Waals surface area contributed by atoms with Crippen molar-refractivity contribution in [3.8, 4) is 0 Å². The monoisotopic (exact) mass is 357 g/mol. The van der Waals surface area contributed by atoms with Gasteiger partial charge in [0.05, 0.1) is 23.8 Å². The number of ether oxygens (including phenoxy) is 1. The maximum atomic E-state index is 6.41. The van der Waals surface area contributed by atoms with Gasteiger partial charge in [-0.15, -0.1) is 0 Å². The van der Waals surface area contributed by atoms with Gasteiger partial charge < -0.3 is 14.0 Å². The maximum absolute atomic E-state index is 6.41. The molecule has 3 atom stereocenters. The number of benzene rings is 2. The Labute approximate surface area is 158 Å². The molecule has 27 heavy (non-hydrogen) atoms. The molecule has 1 aromatic heterocycles. The molecule has 5 heteroatoms. The molecule has 0 amide bonds. The first-order chi connectivity index (χ1) is 13.3. The van der Waals surface area contributed by atoms with Crippen molar-refractivity contribution >= 4 is 29.6 Å². The number of methoxy groups -OCH3 is 1. The highest BCUT2D eigenvalue weighted by Crippen LogP contribution is 2.40. The van der Waals surface area contributed by atoms with E-state index in [9.17, 15) is 0 Å². The molecule has 2 aromatic carbocycles. The fourth-order valence-electron chi connectivity index (χ4n) is 4.02. The van der Waals surface area contributed by atoms with Gasteiger partial charge in [-0.2, -0.15) is 0 Å². The van der Waals surface area contributed by atoms with Crippen LogP contribution >= 0.6 is 0 Å². The van der Waals surface area contributed by atoms with Crippen molar-refractivity contribution in [1.82, 2.24) is 4.98 Å². The Morgan fingerprint density at radius 3 is 2.85 bits per heavy atom. The van der Waals surface area contributed by atoms with Crippen LogP contribution in [0.3, 0.4) is 0 Å². The summed E-state index contributed by atoms with van der Waals surface area (Å²) < 4.78 is 18.2. The highest BCUT2D eigenvalue weighted by Gasteiger charge is 2.43. The second-order valence-corrected chi connectivity index (χ2v) is 7.00. The SMILES string of the molecule is CO[C@H](C)c1ccccc1B1O[C@H]2C=Cc3c(ccc4cccnc34)[C@H]2O1. The minimum atomic E-state index is -0.413. The van der Waals surface area contributed by atoms with E-state index in [2.05, 4.69) is 47.5 Å². The Bertz CT molecular complexity index is 1030. The molecule has 0 spiro atoms. The normalized spacial score (nSPS) is 21.9. The summed E-state index contributed by atoms with van der Waals surface area (Å²) in [6, 6.07) is 16.4. The van der Waals surface area contributed by atoms with Crippen LogP contribution in [0.2, 0.25) is 0 Å². The van der Waals surface area contributed by atoms with Gasteiger partial charge in [0.15, 0.2) is 0 Å². The van der Waals surface area contributed by atoms with E-state index in [-0.39, 0.29) is 18.3 Å². The standard InChI is InChI=1S/C22H20BNO3/c1-14(25-2)16-7-3-4-8-19(16)23-26-20-12-11-17-18(22(20)27-23)10-9-15-6-5-13-24-21(15)17/h3-14,20,22H,1-2H3/t14-,20+,22-/m1/s1. The molecule has 0 radical (unpaired) electrons. The van der Waals surface area contributed by atoms with Gasteiger partial charge in [-0.1, -0.05) is 54.6 Å². The zero-order valence-electron chi connectivity index (χ0n) is 15.3. The van der Waals surface area contributed by atoms with Crippen molar-refractivity contribution < 1.29 is 14.0 Å². The number of rotatable bonds is 3. The third-order valence-electron chi connectivity index (χ3n) is 5.50. The third kappa shape index (κ3) is 2.70. The molecule has 3 aromatic rings. The predicted octanol–water partition coefficient (Wildman–Crippen LogP) is 3.82. The minimum Gasteiger partial charge on any atom is -0.398 e. The van der Waals surface area contributed by atoms with Crippen LogP contribution < -0.4 is 5.46 Å². The summed E-state index contributed by atoms with van der Waals surface area (Å²) in [6.07, 6.45) is 5.78. The average Bonchev–Trinajstić information content (AvgIpc) is 3.17. The molecule has 0 N–H and O–H groups in total. The largest absolute Gasteiger partial charge is 0.495 e. The highest BCUT2D eigenvalue weighted by atomic mass is 16.7. The zero-order valence-corrected chi connectivity index (χ0v) is 15.3. The van der Waals surface area contributed by atoms with Crippen LogP contribution in [-0.2, 0) is 14.0 Å². The smallest absolute Gasteiger partial charge is 0.398 e. The summed E-state index contributed by atoms with van der Waals surface area (Å²) in [4.78, 5) is 4.57. The van der Waals surface area contributed by atoms with Gasteiger partial charge in [0.2, 0.25) is 0 Å². The quantitative estimate of drug-likeness (QED) is 0.669. The second-order valence-electron chi connectivity index (χ2n) is 7.00. The molecule has 1 saturated heterocycles. The van der Waals surface area contributed by atoms with Crippen molar-refractivity contribution in [2.75, 3.05) is 7.11 Å². The van der Waals surface area contributed by atoms with Gasteiger partial charge >= 0.3 is 7.12 Å². The van der Waals surface area contributed by atoms with Crippen molar-refractivity contribution in [2.45, 2.75) is 25.2 Å². The van der Waals surface area contributed by atoms with Crippen LogP contribution in [0.5, 0.6) is 0 Å². The molecule has 1 fully saturated rings. The summed E-state index contributed by atoms with van der Waals surface area (Å²) in [5, 5.41) is 1.13. The Morgan fingerprint density at radius 2 is 1.96 bits per heavy atom. The van der Waals surface area contributed by atoms with Crippen molar-refractivity contribution in [3.63, 3.8) is 0 Å². The third-order valence-corrected chi connectivity index (χ3v) is 5.50. The Balaban J connectivity index is 1.53. The Kier molecular flexibility index (Phi) is 4.08. The minimum absolute atomic E-state index is 0.0213. The van der Waals surface area contributed by atoms with Crippen molar-refractivity contribution in [2.24, 2.45) is 0 Å².